The minimum absolute atomic E-state index is 0.0824. The van der Waals surface area contributed by atoms with Gasteiger partial charge in [-0.25, -0.2) is 0 Å². The number of amides is 1. The first kappa shape index (κ1) is 16.8. The van der Waals surface area contributed by atoms with Crippen LogP contribution in [0.1, 0.15) is 17.3 Å². The lowest BCUT2D eigenvalue weighted by Gasteiger charge is -2.29. The molecule has 5 nitrogen and oxygen atoms in total. The van der Waals surface area contributed by atoms with Gasteiger partial charge in [0.1, 0.15) is 0 Å². The van der Waals surface area contributed by atoms with Crippen molar-refractivity contribution < 1.29 is 14.3 Å². The number of nitrogen functional groups attached to an aromatic ring is 1. The number of nitrogens with two attached hydrogens (primary N) is 1. The summed E-state index contributed by atoms with van der Waals surface area (Å²) in [6.45, 7) is 3.26. The van der Waals surface area contributed by atoms with Crippen LogP contribution in [0.25, 0.3) is 0 Å². The standard InChI is InChI=1S/C14H21ClN2O3/c1-10(9-20-3)17(6-7-19-2)14(18)12-8-11(15)4-5-13(12)16/h4-5,8,10H,6-7,9,16H2,1-3H3. The average Bonchev–Trinajstić information content (AvgIpc) is 2.42. The molecular weight excluding hydrogens is 280 g/mol. The van der Waals surface area contributed by atoms with Gasteiger partial charge in [-0.05, 0) is 25.1 Å². The predicted octanol–water partition coefficient (Wildman–Crippen LogP) is 2.05. The number of methoxy groups -OCH3 is 2. The van der Waals surface area contributed by atoms with Crippen LogP contribution in [0, 0.1) is 0 Å². The molecule has 0 spiro atoms. The highest BCUT2D eigenvalue weighted by molar-refractivity contribution is 6.31. The molecule has 0 saturated heterocycles. The van der Waals surface area contributed by atoms with Crippen molar-refractivity contribution in [2.45, 2.75) is 13.0 Å². The Morgan fingerprint density at radius 1 is 1.40 bits per heavy atom. The van der Waals surface area contributed by atoms with Gasteiger partial charge >= 0.3 is 0 Å². The van der Waals surface area contributed by atoms with Gasteiger partial charge < -0.3 is 20.1 Å². The lowest BCUT2D eigenvalue weighted by molar-refractivity contribution is 0.0480. The van der Waals surface area contributed by atoms with Gasteiger partial charge in [0, 0.05) is 31.5 Å². The summed E-state index contributed by atoms with van der Waals surface area (Å²) < 4.78 is 10.2. The molecule has 0 aliphatic carbocycles. The Hall–Kier alpha value is -1.30. The normalized spacial score (nSPS) is 12.2. The van der Waals surface area contributed by atoms with Crippen molar-refractivity contribution >= 4 is 23.2 Å². The molecule has 0 radical (unpaired) electrons. The highest BCUT2D eigenvalue weighted by Gasteiger charge is 2.23. The van der Waals surface area contributed by atoms with Crippen LogP contribution in [0.3, 0.4) is 0 Å². The number of hydrogen-bond acceptors (Lipinski definition) is 4. The maximum absolute atomic E-state index is 12.6. The number of rotatable bonds is 7. The van der Waals surface area contributed by atoms with Crippen molar-refractivity contribution in [3.05, 3.63) is 28.8 Å². The summed E-state index contributed by atoms with van der Waals surface area (Å²) >= 11 is 5.93. The smallest absolute Gasteiger partial charge is 0.256 e. The van der Waals surface area contributed by atoms with Crippen molar-refractivity contribution in [2.24, 2.45) is 0 Å². The number of hydrogen-bond donors (Lipinski definition) is 1. The highest BCUT2D eigenvalue weighted by atomic mass is 35.5. The molecule has 1 atom stereocenters. The minimum Gasteiger partial charge on any atom is -0.398 e. The van der Waals surface area contributed by atoms with Crippen LogP contribution in [0.4, 0.5) is 5.69 Å². The van der Waals surface area contributed by atoms with Crippen LogP contribution in [0.5, 0.6) is 0 Å². The Bertz CT molecular complexity index is 454. The molecule has 1 unspecified atom stereocenters. The summed E-state index contributed by atoms with van der Waals surface area (Å²) in [7, 11) is 3.20. The van der Waals surface area contributed by atoms with Crippen molar-refractivity contribution in [2.75, 3.05) is 39.7 Å². The number of carbonyl (C=O) groups is 1. The maximum Gasteiger partial charge on any atom is 0.256 e. The van der Waals surface area contributed by atoms with Gasteiger partial charge in [0.2, 0.25) is 0 Å². The van der Waals surface area contributed by atoms with E-state index in [1.54, 1.807) is 37.3 Å². The van der Waals surface area contributed by atoms with E-state index in [0.717, 1.165) is 0 Å². The van der Waals surface area contributed by atoms with Crippen LogP contribution < -0.4 is 5.73 Å². The van der Waals surface area contributed by atoms with E-state index < -0.39 is 0 Å². The van der Waals surface area contributed by atoms with Crippen LogP contribution in [-0.2, 0) is 9.47 Å². The highest BCUT2D eigenvalue weighted by Crippen LogP contribution is 2.20. The lowest BCUT2D eigenvalue weighted by atomic mass is 10.1. The fraction of sp³-hybridized carbons (Fsp3) is 0.500. The third kappa shape index (κ3) is 4.37. The van der Waals surface area contributed by atoms with Gasteiger partial charge in [0.05, 0.1) is 24.8 Å². The predicted molar refractivity (Wildman–Crippen MR) is 80.1 cm³/mol. The van der Waals surface area contributed by atoms with E-state index in [1.807, 2.05) is 6.92 Å². The summed E-state index contributed by atoms with van der Waals surface area (Å²) in [6, 6.07) is 4.79. The SMILES string of the molecule is COCCN(C(=O)c1cc(Cl)ccc1N)C(C)COC. The molecule has 1 rings (SSSR count). The first-order chi connectivity index (χ1) is 9.51. The first-order valence-corrected chi connectivity index (χ1v) is 6.73. The second kappa shape index (κ2) is 8.09. The summed E-state index contributed by atoms with van der Waals surface area (Å²) in [5, 5.41) is 0.480. The molecular formula is C14H21ClN2O3. The average molecular weight is 301 g/mol. The zero-order valence-corrected chi connectivity index (χ0v) is 12.8. The van der Waals surface area contributed by atoms with E-state index in [1.165, 1.54) is 0 Å². The van der Waals surface area contributed by atoms with Crippen LogP contribution in [-0.4, -0.2) is 50.8 Å². The summed E-state index contributed by atoms with van der Waals surface area (Å²) in [6.07, 6.45) is 0. The number of benzene rings is 1. The third-order valence-electron chi connectivity index (χ3n) is 2.98. The van der Waals surface area contributed by atoms with E-state index in [0.29, 0.717) is 36.0 Å². The molecule has 0 fully saturated rings. The van der Waals surface area contributed by atoms with Gasteiger partial charge in [-0.1, -0.05) is 11.6 Å². The van der Waals surface area contributed by atoms with Crippen LogP contribution >= 0.6 is 11.6 Å². The Kier molecular flexibility index (Phi) is 6.78. The van der Waals surface area contributed by atoms with Crippen molar-refractivity contribution in [3.8, 4) is 0 Å². The van der Waals surface area contributed by atoms with Gasteiger partial charge in [0.15, 0.2) is 0 Å². The summed E-state index contributed by atoms with van der Waals surface area (Å²) in [5.74, 6) is -0.174. The second-order valence-electron chi connectivity index (χ2n) is 4.53. The van der Waals surface area contributed by atoms with Gasteiger partial charge in [0.25, 0.3) is 5.91 Å². The van der Waals surface area contributed by atoms with Gasteiger partial charge in [-0.2, -0.15) is 0 Å². The van der Waals surface area contributed by atoms with Crippen molar-refractivity contribution in [1.82, 2.24) is 4.90 Å². The lowest BCUT2D eigenvalue weighted by Crippen LogP contribution is -2.43. The van der Waals surface area contributed by atoms with Crippen molar-refractivity contribution in [1.29, 1.82) is 0 Å². The number of nitrogens with zero attached hydrogens (tertiary/aromatic N) is 1. The molecule has 1 aromatic carbocycles. The summed E-state index contributed by atoms with van der Waals surface area (Å²) in [4.78, 5) is 14.3. The third-order valence-corrected chi connectivity index (χ3v) is 3.22. The second-order valence-corrected chi connectivity index (χ2v) is 4.96. The maximum atomic E-state index is 12.6. The van der Waals surface area contributed by atoms with Gasteiger partial charge in [-0.3, -0.25) is 4.79 Å². The molecule has 0 heterocycles. The molecule has 1 aromatic rings. The molecule has 0 bridgehead atoms. The molecule has 20 heavy (non-hydrogen) atoms. The number of halogens is 1. The Morgan fingerprint density at radius 2 is 2.10 bits per heavy atom. The van der Waals surface area contributed by atoms with Gasteiger partial charge in [-0.15, -0.1) is 0 Å². The molecule has 6 heteroatoms. The zero-order chi connectivity index (χ0) is 15.1. The monoisotopic (exact) mass is 300 g/mol. The molecule has 2 N–H and O–H groups in total. The number of anilines is 1. The molecule has 1 amide bonds. The Labute approximate surface area is 124 Å². The minimum atomic E-state index is -0.174. The van der Waals surface area contributed by atoms with Crippen LogP contribution in [0.2, 0.25) is 5.02 Å². The fourth-order valence-electron chi connectivity index (χ4n) is 1.91. The molecule has 0 aliphatic rings. The topological polar surface area (TPSA) is 64.8 Å². The summed E-state index contributed by atoms with van der Waals surface area (Å²) in [5.41, 5.74) is 6.67. The molecule has 0 saturated carbocycles. The largest absolute Gasteiger partial charge is 0.398 e. The Morgan fingerprint density at radius 3 is 2.70 bits per heavy atom. The number of carbonyl (C=O) groups excluding carboxylic acids is 1. The molecule has 112 valence electrons. The van der Waals surface area contributed by atoms with E-state index in [4.69, 9.17) is 26.8 Å². The first-order valence-electron chi connectivity index (χ1n) is 6.35. The van der Waals surface area contributed by atoms with E-state index in [9.17, 15) is 4.79 Å². The quantitative estimate of drug-likeness (QED) is 0.783. The zero-order valence-electron chi connectivity index (χ0n) is 12.1. The van der Waals surface area contributed by atoms with E-state index in [2.05, 4.69) is 0 Å². The molecule has 0 aromatic heterocycles. The fourth-order valence-corrected chi connectivity index (χ4v) is 2.08. The van der Waals surface area contributed by atoms with E-state index in [-0.39, 0.29) is 11.9 Å². The molecule has 0 aliphatic heterocycles. The number of ether oxygens (including phenoxy) is 2. The van der Waals surface area contributed by atoms with E-state index >= 15 is 0 Å². The van der Waals surface area contributed by atoms with Crippen LogP contribution in [0.15, 0.2) is 18.2 Å². The van der Waals surface area contributed by atoms with Crippen molar-refractivity contribution in [3.63, 3.8) is 0 Å². The Balaban J connectivity index is 2.99.